The predicted molar refractivity (Wildman–Crippen MR) is 79.2 cm³/mol. The Morgan fingerprint density at radius 1 is 1.48 bits per heavy atom. The third kappa shape index (κ3) is 3.82. The number of carbonyl (C=O) groups excluding carboxylic acids is 1. The van der Waals surface area contributed by atoms with Gasteiger partial charge in [0.25, 0.3) is 0 Å². The average Bonchev–Trinajstić information content (AvgIpc) is 2.47. The van der Waals surface area contributed by atoms with E-state index in [1.807, 2.05) is 0 Å². The van der Waals surface area contributed by atoms with Crippen molar-refractivity contribution in [3.05, 3.63) is 36.4 Å². The van der Waals surface area contributed by atoms with E-state index in [9.17, 15) is 9.59 Å². The van der Waals surface area contributed by atoms with E-state index in [1.165, 1.54) is 0 Å². The van der Waals surface area contributed by atoms with Crippen LogP contribution in [-0.2, 0) is 4.79 Å². The Bertz CT molecular complexity index is 557. The Labute approximate surface area is 123 Å². The topological polar surface area (TPSA) is 78.9 Å². The third-order valence-corrected chi connectivity index (χ3v) is 3.14. The molecule has 1 aliphatic rings. The summed E-state index contributed by atoms with van der Waals surface area (Å²) in [5, 5.41) is 11.9. The molecule has 0 unspecified atom stereocenters. The lowest BCUT2D eigenvalue weighted by atomic mass is 10.1. The maximum Gasteiger partial charge on any atom is 0.323 e. The van der Waals surface area contributed by atoms with E-state index < -0.39 is 5.97 Å². The number of carboxylic acids is 1. The summed E-state index contributed by atoms with van der Waals surface area (Å²) >= 11 is 0. The normalized spacial score (nSPS) is 13.2. The fourth-order valence-electron chi connectivity index (χ4n) is 2.16. The van der Waals surface area contributed by atoms with Crippen LogP contribution in [0.5, 0.6) is 5.75 Å². The number of carbonyl (C=O) groups is 2. The number of hydrogen-bond donors (Lipinski definition) is 2. The molecule has 1 aliphatic heterocycles. The van der Waals surface area contributed by atoms with Gasteiger partial charge in [0.05, 0.1) is 18.8 Å². The van der Waals surface area contributed by atoms with Crippen molar-refractivity contribution in [3.63, 3.8) is 0 Å². The highest BCUT2D eigenvalue weighted by Gasteiger charge is 2.21. The van der Waals surface area contributed by atoms with E-state index in [2.05, 4.69) is 11.9 Å². The molecule has 0 saturated carbocycles. The summed E-state index contributed by atoms with van der Waals surface area (Å²) in [6.07, 6.45) is 1.68. The van der Waals surface area contributed by atoms with Crippen LogP contribution >= 0.6 is 0 Å². The second kappa shape index (κ2) is 6.90. The molecule has 0 aromatic heterocycles. The number of ether oxygens (including phenoxy) is 1. The van der Waals surface area contributed by atoms with Gasteiger partial charge in [-0.15, -0.1) is 6.58 Å². The lowest BCUT2D eigenvalue weighted by Gasteiger charge is -2.30. The van der Waals surface area contributed by atoms with E-state index in [0.717, 1.165) is 0 Å². The number of aliphatic carboxylic acids is 1. The molecule has 0 radical (unpaired) electrons. The van der Waals surface area contributed by atoms with Crippen molar-refractivity contribution in [1.82, 2.24) is 5.32 Å². The fraction of sp³-hybridized carbons (Fsp3) is 0.333. The lowest BCUT2D eigenvalue weighted by Crippen LogP contribution is -2.37. The molecule has 1 aromatic carbocycles. The molecule has 6 nitrogen and oxygen atoms in total. The van der Waals surface area contributed by atoms with Crippen molar-refractivity contribution in [1.29, 1.82) is 0 Å². The molecule has 0 spiro atoms. The molecular formula is C15H18N2O4. The molecule has 6 heteroatoms. The summed E-state index contributed by atoms with van der Waals surface area (Å²) in [5.41, 5.74) is 1.18. The number of ketones is 1. The molecule has 0 atom stereocenters. The number of nitrogens with zero attached hydrogens (tertiary/aromatic N) is 1. The highest BCUT2D eigenvalue weighted by Crippen LogP contribution is 2.32. The standard InChI is InChI=1S/C15H18N2O4/c1-2-5-16-9-13(18)11-3-4-14-12(8-11)17(6-7-21-14)10-15(19)20/h2-4,8,16H,1,5-7,9-10H2,(H,19,20). The SMILES string of the molecule is C=CCNCC(=O)c1ccc2c(c1)N(CC(=O)O)CCO2. The van der Waals surface area contributed by atoms with Crippen LogP contribution in [0.25, 0.3) is 0 Å². The van der Waals surface area contributed by atoms with Crippen LogP contribution in [0.15, 0.2) is 30.9 Å². The smallest absolute Gasteiger partial charge is 0.323 e. The molecule has 0 saturated heterocycles. The Hall–Kier alpha value is -2.34. The molecule has 0 bridgehead atoms. The van der Waals surface area contributed by atoms with E-state index in [1.54, 1.807) is 29.2 Å². The number of carboxylic acid groups (broad SMARTS) is 1. The summed E-state index contributed by atoms with van der Waals surface area (Å²) in [7, 11) is 0. The van der Waals surface area contributed by atoms with Crippen molar-refractivity contribution in [2.75, 3.05) is 37.7 Å². The largest absolute Gasteiger partial charge is 0.490 e. The second-order valence-corrected chi connectivity index (χ2v) is 4.69. The van der Waals surface area contributed by atoms with Gasteiger partial charge in [-0.2, -0.15) is 0 Å². The minimum Gasteiger partial charge on any atom is -0.490 e. The Morgan fingerprint density at radius 2 is 2.29 bits per heavy atom. The molecule has 0 amide bonds. The Kier molecular flexibility index (Phi) is 4.94. The van der Waals surface area contributed by atoms with Crippen LogP contribution in [0.2, 0.25) is 0 Å². The number of fused-ring (bicyclic) bond motifs is 1. The number of anilines is 1. The minimum atomic E-state index is -0.910. The Balaban J connectivity index is 2.17. The highest BCUT2D eigenvalue weighted by atomic mass is 16.5. The number of nitrogens with one attached hydrogen (secondary N) is 1. The van der Waals surface area contributed by atoms with Gasteiger partial charge in [0, 0.05) is 12.1 Å². The monoisotopic (exact) mass is 290 g/mol. The molecular weight excluding hydrogens is 272 g/mol. The van der Waals surface area contributed by atoms with Crippen LogP contribution in [0.1, 0.15) is 10.4 Å². The van der Waals surface area contributed by atoms with Crippen LogP contribution in [0.3, 0.4) is 0 Å². The first-order chi connectivity index (χ1) is 10.1. The number of benzene rings is 1. The lowest BCUT2D eigenvalue weighted by molar-refractivity contribution is -0.135. The van der Waals surface area contributed by atoms with Crippen molar-refractivity contribution < 1.29 is 19.4 Å². The van der Waals surface area contributed by atoms with Crippen molar-refractivity contribution in [3.8, 4) is 5.75 Å². The van der Waals surface area contributed by atoms with E-state index >= 15 is 0 Å². The van der Waals surface area contributed by atoms with E-state index in [-0.39, 0.29) is 18.9 Å². The average molecular weight is 290 g/mol. The molecule has 0 aliphatic carbocycles. The van der Waals surface area contributed by atoms with Crippen LogP contribution in [0, 0.1) is 0 Å². The minimum absolute atomic E-state index is 0.0551. The summed E-state index contributed by atoms with van der Waals surface area (Å²) in [6, 6.07) is 5.10. The first-order valence-electron chi connectivity index (χ1n) is 6.70. The zero-order valence-corrected chi connectivity index (χ0v) is 11.7. The molecule has 112 valence electrons. The van der Waals surface area contributed by atoms with Crippen molar-refractivity contribution in [2.24, 2.45) is 0 Å². The molecule has 2 rings (SSSR count). The van der Waals surface area contributed by atoms with E-state index in [4.69, 9.17) is 9.84 Å². The second-order valence-electron chi connectivity index (χ2n) is 4.69. The van der Waals surface area contributed by atoms with Crippen LogP contribution in [-0.4, -0.2) is 49.6 Å². The summed E-state index contributed by atoms with van der Waals surface area (Å²) in [4.78, 5) is 24.7. The van der Waals surface area contributed by atoms with Gasteiger partial charge in [0.15, 0.2) is 5.78 Å². The van der Waals surface area contributed by atoms with Crippen molar-refractivity contribution >= 4 is 17.4 Å². The zero-order chi connectivity index (χ0) is 15.2. The number of Topliss-reactive ketones (excluding diaryl/α,β-unsaturated/α-hetero) is 1. The quantitative estimate of drug-likeness (QED) is 0.442. The van der Waals surface area contributed by atoms with Crippen molar-refractivity contribution in [2.45, 2.75) is 0 Å². The van der Waals surface area contributed by atoms with Gasteiger partial charge in [0.2, 0.25) is 0 Å². The molecule has 2 N–H and O–H groups in total. The van der Waals surface area contributed by atoms with Gasteiger partial charge in [-0.1, -0.05) is 6.08 Å². The van der Waals surface area contributed by atoms with Gasteiger partial charge in [-0.25, -0.2) is 0 Å². The summed E-state index contributed by atoms with van der Waals surface area (Å²) < 4.78 is 5.49. The first kappa shape index (κ1) is 15.1. The van der Waals surface area contributed by atoms with Gasteiger partial charge in [-0.3, -0.25) is 9.59 Å². The highest BCUT2D eigenvalue weighted by molar-refractivity contribution is 5.99. The third-order valence-electron chi connectivity index (χ3n) is 3.14. The first-order valence-corrected chi connectivity index (χ1v) is 6.70. The molecule has 1 heterocycles. The number of hydrogen-bond acceptors (Lipinski definition) is 5. The molecule has 0 fully saturated rings. The van der Waals surface area contributed by atoms with Gasteiger partial charge in [-0.05, 0) is 18.2 Å². The van der Waals surface area contributed by atoms with Gasteiger partial charge in [0.1, 0.15) is 18.9 Å². The molecule has 1 aromatic rings. The fourth-order valence-corrected chi connectivity index (χ4v) is 2.16. The van der Waals surface area contributed by atoms with E-state index in [0.29, 0.717) is 36.7 Å². The van der Waals surface area contributed by atoms with Gasteiger partial charge < -0.3 is 20.1 Å². The van der Waals surface area contributed by atoms with Gasteiger partial charge >= 0.3 is 5.97 Å². The maximum absolute atomic E-state index is 12.1. The Morgan fingerprint density at radius 3 is 3.00 bits per heavy atom. The molecule has 21 heavy (non-hydrogen) atoms. The van der Waals surface area contributed by atoms with Crippen LogP contribution < -0.4 is 15.0 Å². The zero-order valence-electron chi connectivity index (χ0n) is 11.7. The summed E-state index contributed by atoms with van der Waals surface area (Å²) in [6.45, 7) is 5.17. The van der Waals surface area contributed by atoms with Crippen LogP contribution in [0.4, 0.5) is 5.69 Å². The predicted octanol–water partition coefficient (Wildman–Crippen LogP) is 0.928. The number of rotatable bonds is 7. The maximum atomic E-state index is 12.1. The summed E-state index contributed by atoms with van der Waals surface area (Å²) in [5.74, 6) is -0.356.